The third-order valence-electron chi connectivity index (χ3n) is 1.65. The first kappa shape index (κ1) is 10.3. The maximum absolute atomic E-state index is 8.59. The Hall–Kier alpha value is -0.740. The molecule has 1 aromatic rings. The average molecular weight is 198 g/mol. The number of rotatable bonds is 4. The molecule has 1 heterocycles. The number of aliphatic hydroxyl groups is 1. The van der Waals surface area contributed by atoms with Crippen LogP contribution in [0.3, 0.4) is 0 Å². The van der Waals surface area contributed by atoms with E-state index in [9.17, 15) is 0 Å². The fourth-order valence-corrected chi connectivity index (χ4v) is 1.72. The molecule has 4 heteroatoms. The molecule has 13 heavy (non-hydrogen) atoms. The van der Waals surface area contributed by atoms with Crippen LogP contribution in [0.25, 0.3) is 0 Å². The van der Waals surface area contributed by atoms with Gasteiger partial charge in [0.05, 0.1) is 16.4 Å². The molecular formula is C9H14N2OS. The van der Waals surface area contributed by atoms with E-state index in [2.05, 4.69) is 4.98 Å². The number of aromatic nitrogens is 1. The van der Waals surface area contributed by atoms with E-state index >= 15 is 0 Å². The number of thioether (sulfide) groups is 1. The normalized spacial score (nSPS) is 10.3. The van der Waals surface area contributed by atoms with Gasteiger partial charge in [0.2, 0.25) is 0 Å². The number of aliphatic hydroxyl groups excluding tert-OH is 1. The first-order valence-electron chi connectivity index (χ1n) is 4.21. The monoisotopic (exact) mass is 198 g/mol. The fraction of sp³-hybridized carbons (Fsp3) is 0.444. The molecule has 0 fully saturated rings. The number of pyridine rings is 1. The van der Waals surface area contributed by atoms with Crippen LogP contribution in [0.1, 0.15) is 12.1 Å². The van der Waals surface area contributed by atoms with Gasteiger partial charge >= 0.3 is 0 Å². The summed E-state index contributed by atoms with van der Waals surface area (Å²) < 4.78 is 0. The van der Waals surface area contributed by atoms with Crippen molar-refractivity contribution >= 4 is 17.4 Å². The zero-order valence-electron chi connectivity index (χ0n) is 7.66. The summed E-state index contributed by atoms with van der Waals surface area (Å²) >= 11 is 1.64. The van der Waals surface area contributed by atoms with E-state index in [-0.39, 0.29) is 6.61 Å². The average Bonchev–Trinajstić information content (AvgIpc) is 2.12. The Kier molecular flexibility index (Phi) is 4.05. The fourth-order valence-electron chi connectivity index (χ4n) is 0.870. The molecule has 0 saturated carbocycles. The molecule has 0 atom stereocenters. The zero-order valence-corrected chi connectivity index (χ0v) is 8.47. The Labute approximate surface area is 82.4 Å². The minimum Gasteiger partial charge on any atom is -0.397 e. The molecular weight excluding hydrogens is 184 g/mol. The standard InChI is InChI=1S/C9H14N2OS/c1-7-8(10)3-4-9(11-7)13-6-2-5-12/h3-4,12H,2,5-6,10H2,1H3. The number of hydrogen-bond donors (Lipinski definition) is 2. The first-order valence-corrected chi connectivity index (χ1v) is 5.19. The molecule has 3 N–H and O–H groups in total. The van der Waals surface area contributed by atoms with E-state index in [1.54, 1.807) is 11.8 Å². The molecule has 0 aromatic carbocycles. The van der Waals surface area contributed by atoms with Crippen LogP contribution < -0.4 is 5.73 Å². The van der Waals surface area contributed by atoms with Crippen molar-refractivity contribution in [2.45, 2.75) is 18.4 Å². The number of aryl methyl sites for hydroxylation is 1. The van der Waals surface area contributed by atoms with Crippen molar-refractivity contribution in [3.8, 4) is 0 Å². The van der Waals surface area contributed by atoms with Crippen LogP contribution in [-0.2, 0) is 0 Å². The molecule has 3 nitrogen and oxygen atoms in total. The van der Waals surface area contributed by atoms with Gasteiger partial charge in [-0.2, -0.15) is 0 Å². The van der Waals surface area contributed by atoms with Crippen LogP contribution in [0.5, 0.6) is 0 Å². The Morgan fingerprint density at radius 2 is 2.31 bits per heavy atom. The molecule has 0 amide bonds. The number of nitrogen functional groups attached to an aromatic ring is 1. The molecule has 0 bridgehead atoms. The van der Waals surface area contributed by atoms with Crippen molar-refractivity contribution in [1.82, 2.24) is 4.98 Å². The lowest BCUT2D eigenvalue weighted by atomic mass is 10.3. The summed E-state index contributed by atoms with van der Waals surface area (Å²) in [5.41, 5.74) is 7.23. The minimum absolute atomic E-state index is 0.237. The highest BCUT2D eigenvalue weighted by atomic mass is 32.2. The summed E-state index contributed by atoms with van der Waals surface area (Å²) in [6.07, 6.45) is 0.801. The molecule has 72 valence electrons. The van der Waals surface area contributed by atoms with E-state index in [0.29, 0.717) is 0 Å². The van der Waals surface area contributed by atoms with Gasteiger partial charge in [-0.1, -0.05) is 0 Å². The van der Waals surface area contributed by atoms with Crippen LogP contribution in [-0.4, -0.2) is 22.5 Å². The van der Waals surface area contributed by atoms with E-state index < -0.39 is 0 Å². The number of nitrogens with zero attached hydrogens (tertiary/aromatic N) is 1. The maximum Gasteiger partial charge on any atom is 0.0964 e. The Bertz CT molecular complexity index is 278. The van der Waals surface area contributed by atoms with Crippen molar-refractivity contribution in [3.63, 3.8) is 0 Å². The smallest absolute Gasteiger partial charge is 0.0964 e. The largest absolute Gasteiger partial charge is 0.397 e. The molecule has 0 aliphatic rings. The Morgan fingerprint density at radius 3 is 2.92 bits per heavy atom. The summed E-state index contributed by atoms with van der Waals surface area (Å²) in [5.74, 6) is 0.896. The molecule has 0 unspecified atom stereocenters. The van der Waals surface area contributed by atoms with Crippen molar-refractivity contribution in [1.29, 1.82) is 0 Å². The third kappa shape index (κ3) is 3.24. The second-order valence-corrected chi connectivity index (χ2v) is 3.86. The molecule has 1 aromatic heterocycles. The van der Waals surface area contributed by atoms with Gasteiger partial charge in [0, 0.05) is 12.4 Å². The quantitative estimate of drug-likeness (QED) is 0.568. The second-order valence-electron chi connectivity index (χ2n) is 2.75. The van der Waals surface area contributed by atoms with Gasteiger partial charge in [-0.15, -0.1) is 11.8 Å². The van der Waals surface area contributed by atoms with Crippen molar-refractivity contribution in [3.05, 3.63) is 17.8 Å². The van der Waals surface area contributed by atoms with Crippen molar-refractivity contribution < 1.29 is 5.11 Å². The molecule has 0 saturated heterocycles. The molecule has 0 aliphatic carbocycles. The molecule has 0 radical (unpaired) electrons. The van der Waals surface area contributed by atoms with Gasteiger partial charge in [-0.3, -0.25) is 0 Å². The lowest BCUT2D eigenvalue weighted by molar-refractivity contribution is 0.296. The van der Waals surface area contributed by atoms with Gasteiger partial charge in [0.15, 0.2) is 0 Å². The van der Waals surface area contributed by atoms with Gasteiger partial charge in [-0.25, -0.2) is 4.98 Å². The van der Waals surface area contributed by atoms with Gasteiger partial charge in [0.1, 0.15) is 0 Å². The van der Waals surface area contributed by atoms with Gasteiger partial charge in [0.25, 0.3) is 0 Å². The highest BCUT2D eigenvalue weighted by Crippen LogP contribution is 2.18. The van der Waals surface area contributed by atoms with Crippen LogP contribution >= 0.6 is 11.8 Å². The highest BCUT2D eigenvalue weighted by molar-refractivity contribution is 7.99. The summed E-state index contributed by atoms with van der Waals surface area (Å²) in [7, 11) is 0. The van der Waals surface area contributed by atoms with Gasteiger partial charge in [-0.05, 0) is 25.5 Å². The Balaban J connectivity index is 2.53. The highest BCUT2D eigenvalue weighted by Gasteiger charge is 1.98. The van der Waals surface area contributed by atoms with E-state index in [1.165, 1.54) is 0 Å². The lowest BCUT2D eigenvalue weighted by Crippen LogP contribution is -1.94. The molecule has 0 spiro atoms. The number of anilines is 1. The maximum atomic E-state index is 8.59. The third-order valence-corrected chi connectivity index (χ3v) is 2.67. The Morgan fingerprint density at radius 1 is 1.54 bits per heavy atom. The summed E-state index contributed by atoms with van der Waals surface area (Å²) in [5, 5.41) is 9.56. The van der Waals surface area contributed by atoms with E-state index in [0.717, 1.165) is 28.6 Å². The zero-order chi connectivity index (χ0) is 9.68. The number of hydrogen-bond acceptors (Lipinski definition) is 4. The topological polar surface area (TPSA) is 59.1 Å². The second kappa shape index (κ2) is 5.09. The van der Waals surface area contributed by atoms with Gasteiger partial charge < -0.3 is 10.8 Å². The summed E-state index contributed by atoms with van der Waals surface area (Å²) in [6, 6.07) is 3.77. The predicted octanol–water partition coefficient (Wildman–Crippen LogP) is 1.45. The predicted molar refractivity (Wildman–Crippen MR) is 55.8 cm³/mol. The van der Waals surface area contributed by atoms with Crippen molar-refractivity contribution in [2.24, 2.45) is 0 Å². The van der Waals surface area contributed by atoms with Crippen LogP contribution in [0.2, 0.25) is 0 Å². The van der Waals surface area contributed by atoms with E-state index in [4.69, 9.17) is 10.8 Å². The van der Waals surface area contributed by atoms with Crippen LogP contribution in [0.4, 0.5) is 5.69 Å². The van der Waals surface area contributed by atoms with Crippen molar-refractivity contribution in [2.75, 3.05) is 18.1 Å². The van der Waals surface area contributed by atoms with Crippen LogP contribution in [0.15, 0.2) is 17.2 Å². The summed E-state index contributed by atoms with van der Waals surface area (Å²) in [6.45, 7) is 2.13. The SMILES string of the molecule is Cc1nc(SCCCO)ccc1N. The van der Waals surface area contributed by atoms with E-state index in [1.807, 2.05) is 19.1 Å². The summed E-state index contributed by atoms with van der Waals surface area (Å²) in [4.78, 5) is 4.30. The number of nitrogens with two attached hydrogens (primary N) is 1. The lowest BCUT2D eigenvalue weighted by Gasteiger charge is -2.02. The van der Waals surface area contributed by atoms with Crippen LogP contribution in [0, 0.1) is 6.92 Å². The minimum atomic E-state index is 0.237. The molecule has 1 rings (SSSR count). The first-order chi connectivity index (χ1) is 6.24. The molecule has 0 aliphatic heterocycles.